The normalized spacial score (nSPS) is 15.8. The number of hydrogen-bond donors (Lipinski definition) is 0. The van der Waals surface area contributed by atoms with Crippen LogP contribution in [-0.2, 0) is 6.54 Å². The van der Waals surface area contributed by atoms with Crippen molar-refractivity contribution in [2.24, 2.45) is 0 Å². The van der Waals surface area contributed by atoms with E-state index in [0.717, 1.165) is 27.6 Å². The van der Waals surface area contributed by atoms with Gasteiger partial charge in [0.2, 0.25) is 0 Å². The second kappa shape index (κ2) is 6.54. The molecule has 0 spiro atoms. The molecule has 0 amide bonds. The first kappa shape index (κ1) is 15.7. The first-order valence-electron chi connectivity index (χ1n) is 7.49. The van der Waals surface area contributed by atoms with Crippen molar-refractivity contribution in [1.82, 2.24) is 14.8 Å². The number of carbonyl (C=O) groups excluding carboxylic acids is 1. The smallest absolute Gasteiger partial charge is 0.191 e. The van der Waals surface area contributed by atoms with Crippen molar-refractivity contribution >= 4 is 33.5 Å². The van der Waals surface area contributed by atoms with Crippen molar-refractivity contribution in [3.63, 3.8) is 0 Å². The van der Waals surface area contributed by atoms with Gasteiger partial charge in [-0.25, -0.2) is 0 Å². The van der Waals surface area contributed by atoms with E-state index in [-0.39, 0.29) is 11.0 Å². The van der Waals surface area contributed by atoms with Gasteiger partial charge in [0.1, 0.15) is 5.82 Å². The average molecular weight is 380 g/mol. The Morgan fingerprint density at radius 1 is 1.36 bits per heavy atom. The molecule has 1 fully saturated rings. The van der Waals surface area contributed by atoms with E-state index in [2.05, 4.69) is 37.6 Å². The minimum atomic E-state index is -0.178. The van der Waals surface area contributed by atoms with Crippen LogP contribution in [0.15, 0.2) is 33.9 Å². The molecule has 0 aliphatic heterocycles. The van der Waals surface area contributed by atoms with Crippen LogP contribution in [0, 0.1) is 0 Å². The van der Waals surface area contributed by atoms with E-state index in [1.807, 2.05) is 31.2 Å². The van der Waals surface area contributed by atoms with Gasteiger partial charge in [-0.3, -0.25) is 4.79 Å². The molecule has 3 rings (SSSR count). The molecule has 4 nitrogen and oxygen atoms in total. The summed E-state index contributed by atoms with van der Waals surface area (Å²) < 4.78 is 3.12. The fourth-order valence-corrected chi connectivity index (χ4v) is 3.65. The number of thioether (sulfide) groups is 1. The van der Waals surface area contributed by atoms with Crippen molar-refractivity contribution in [3.05, 3.63) is 40.1 Å². The quantitative estimate of drug-likeness (QED) is 0.554. The number of carbonyl (C=O) groups is 1. The van der Waals surface area contributed by atoms with E-state index in [9.17, 15) is 4.79 Å². The Labute approximate surface area is 142 Å². The van der Waals surface area contributed by atoms with Gasteiger partial charge in [-0.2, -0.15) is 0 Å². The minimum absolute atomic E-state index is 0.121. The Morgan fingerprint density at radius 2 is 2.05 bits per heavy atom. The van der Waals surface area contributed by atoms with Crippen LogP contribution in [0.2, 0.25) is 0 Å². The van der Waals surface area contributed by atoms with Gasteiger partial charge >= 0.3 is 0 Å². The van der Waals surface area contributed by atoms with Crippen LogP contribution in [0.1, 0.15) is 48.8 Å². The fraction of sp³-hybridized carbons (Fsp3) is 0.438. The number of benzene rings is 1. The van der Waals surface area contributed by atoms with Crippen molar-refractivity contribution in [2.75, 3.05) is 0 Å². The van der Waals surface area contributed by atoms with E-state index in [0.29, 0.717) is 5.92 Å². The molecule has 0 saturated heterocycles. The molecule has 1 aliphatic carbocycles. The van der Waals surface area contributed by atoms with Crippen molar-refractivity contribution < 1.29 is 4.79 Å². The Bertz CT molecular complexity index is 679. The van der Waals surface area contributed by atoms with Gasteiger partial charge in [-0.1, -0.05) is 39.8 Å². The third kappa shape index (κ3) is 3.27. The molecule has 1 heterocycles. The summed E-state index contributed by atoms with van der Waals surface area (Å²) in [4.78, 5) is 12.5. The minimum Gasteiger partial charge on any atom is -0.306 e. The zero-order valence-electron chi connectivity index (χ0n) is 12.6. The summed E-state index contributed by atoms with van der Waals surface area (Å²) >= 11 is 4.88. The number of Topliss-reactive ketones (excluding diaryl/α,β-unsaturated/α-hetero) is 1. The summed E-state index contributed by atoms with van der Waals surface area (Å²) in [7, 11) is 0. The second-order valence-corrected chi connectivity index (χ2v) is 7.71. The number of hydrogen-bond acceptors (Lipinski definition) is 4. The van der Waals surface area contributed by atoms with Gasteiger partial charge in [0, 0.05) is 22.5 Å². The maximum atomic E-state index is 12.5. The van der Waals surface area contributed by atoms with Crippen LogP contribution in [0.5, 0.6) is 0 Å². The molecule has 6 heteroatoms. The van der Waals surface area contributed by atoms with Crippen LogP contribution < -0.4 is 0 Å². The van der Waals surface area contributed by atoms with Crippen LogP contribution in [0.4, 0.5) is 0 Å². The van der Waals surface area contributed by atoms with E-state index < -0.39 is 0 Å². The lowest BCUT2D eigenvalue weighted by Gasteiger charge is -2.11. The maximum Gasteiger partial charge on any atom is 0.191 e. The van der Waals surface area contributed by atoms with Gasteiger partial charge < -0.3 is 4.57 Å². The monoisotopic (exact) mass is 379 g/mol. The zero-order valence-corrected chi connectivity index (χ0v) is 15.0. The van der Waals surface area contributed by atoms with E-state index in [1.165, 1.54) is 24.6 Å². The Balaban J connectivity index is 1.74. The van der Waals surface area contributed by atoms with Gasteiger partial charge in [-0.15, -0.1) is 10.2 Å². The largest absolute Gasteiger partial charge is 0.306 e. The summed E-state index contributed by atoms with van der Waals surface area (Å²) in [6, 6.07) is 7.49. The molecule has 0 bridgehead atoms. The lowest BCUT2D eigenvalue weighted by molar-refractivity contribution is 0.0994. The lowest BCUT2D eigenvalue weighted by Crippen LogP contribution is -2.14. The highest BCUT2D eigenvalue weighted by atomic mass is 79.9. The SMILES string of the molecule is CCn1c(SC(C)C(=O)c2ccc(Br)cc2)nnc1C1CC1. The highest BCUT2D eigenvalue weighted by Crippen LogP contribution is 2.40. The highest BCUT2D eigenvalue weighted by molar-refractivity contribution is 9.10. The van der Waals surface area contributed by atoms with Gasteiger partial charge in [-0.05, 0) is 38.8 Å². The molecule has 1 atom stereocenters. The van der Waals surface area contributed by atoms with Crippen molar-refractivity contribution in [1.29, 1.82) is 0 Å². The molecule has 2 aromatic rings. The third-order valence-electron chi connectivity index (χ3n) is 3.78. The predicted octanol–water partition coefficient (Wildman–Crippen LogP) is 4.30. The molecule has 1 saturated carbocycles. The first-order valence-corrected chi connectivity index (χ1v) is 9.17. The summed E-state index contributed by atoms with van der Waals surface area (Å²) in [5, 5.41) is 9.29. The summed E-state index contributed by atoms with van der Waals surface area (Å²) in [6.45, 7) is 4.88. The number of nitrogens with zero attached hydrogens (tertiary/aromatic N) is 3. The highest BCUT2D eigenvalue weighted by Gasteiger charge is 2.30. The van der Waals surface area contributed by atoms with Crippen LogP contribution in [-0.4, -0.2) is 25.8 Å². The van der Waals surface area contributed by atoms with Crippen molar-refractivity contribution in [3.8, 4) is 0 Å². The van der Waals surface area contributed by atoms with E-state index in [4.69, 9.17) is 0 Å². The van der Waals surface area contributed by atoms with Gasteiger partial charge in [0.15, 0.2) is 10.9 Å². The first-order chi connectivity index (χ1) is 10.6. The van der Waals surface area contributed by atoms with Crippen LogP contribution in [0.3, 0.4) is 0 Å². The van der Waals surface area contributed by atoms with Crippen molar-refractivity contribution in [2.45, 2.75) is 49.6 Å². The molecule has 1 aromatic heterocycles. The molecule has 0 radical (unpaired) electrons. The summed E-state index contributed by atoms with van der Waals surface area (Å²) in [6.07, 6.45) is 2.41. The second-order valence-electron chi connectivity index (χ2n) is 5.49. The Hall–Kier alpha value is -1.14. The topological polar surface area (TPSA) is 47.8 Å². The Kier molecular flexibility index (Phi) is 4.68. The third-order valence-corrected chi connectivity index (χ3v) is 5.39. The van der Waals surface area contributed by atoms with E-state index in [1.54, 1.807) is 0 Å². The number of aromatic nitrogens is 3. The van der Waals surface area contributed by atoms with Gasteiger partial charge in [0.05, 0.1) is 5.25 Å². The molecular formula is C16H18BrN3OS. The molecule has 116 valence electrons. The Morgan fingerprint density at radius 3 is 2.64 bits per heavy atom. The fourth-order valence-electron chi connectivity index (χ4n) is 2.39. The zero-order chi connectivity index (χ0) is 15.7. The van der Waals surface area contributed by atoms with Crippen LogP contribution >= 0.6 is 27.7 Å². The summed E-state index contributed by atoms with van der Waals surface area (Å²) in [5.41, 5.74) is 0.730. The summed E-state index contributed by atoms with van der Waals surface area (Å²) in [5.74, 6) is 1.77. The molecule has 1 aliphatic rings. The average Bonchev–Trinajstić information content (AvgIpc) is 3.29. The molecule has 1 aromatic carbocycles. The van der Waals surface area contributed by atoms with Crippen LogP contribution in [0.25, 0.3) is 0 Å². The van der Waals surface area contributed by atoms with Gasteiger partial charge in [0.25, 0.3) is 0 Å². The molecule has 22 heavy (non-hydrogen) atoms. The molecule has 1 unspecified atom stereocenters. The van der Waals surface area contributed by atoms with E-state index >= 15 is 0 Å². The standard InChI is InChI=1S/C16H18BrN3OS/c1-3-20-15(12-4-5-12)18-19-16(20)22-10(2)14(21)11-6-8-13(17)9-7-11/h6-10,12H,3-5H2,1-2H3. The predicted molar refractivity (Wildman–Crippen MR) is 91.5 cm³/mol. The maximum absolute atomic E-state index is 12.5. The molecular weight excluding hydrogens is 362 g/mol. The lowest BCUT2D eigenvalue weighted by atomic mass is 10.1. The number of rotatable bonds is 6. The number of ketones is 1. The molecule has 0 N–H and O–H groups in total. The number of halogens is 1.